The first-order valence-electron chi connectivity index (χ1n) is 7.78. The molecule has 1 aliphatic heterocycles. The summed E-state index contributed by atoms with van der Waals surface area (Å²) in [6.07, 6.45) is 0.978. The minimum atomic E-state index is -0.956. The van der Waals surface area contributed by atoms with E-state index in [1.165, 1.54) is 4.90 Å². The van der Waals surface area contributed by atoms with Crippen molar-refractivity contribution in [1.29, 1.82) is 0 Å². The molecule has 25 heavy (non-hydrogen) atoms. The summed E-state index contributed by atoms with van der Waals surface area (Å²) in [4.78, 5) is 46.6. The molecule has 1 amide bonds. The van der Waals surface area contributed by atoms with Gasteiger partial charge in [-0.05, 0) is 25.8 Å². The normalized spacial score (nSPS) is 14.8. The van der Waals surface area contributed by atoms with Gasteiger partial charge in [-0.25, -0.2) is 4.79 Å². The number of carbonyl (C=O) groups excluding carboxylic acids is 3. The number of hydrogen-bond donors (Lipinski definition) is 0. The smallest absolute Gasteiger partial charge is 0.433 e. The lowest BCUT2D eigenvalue weighted by atomic mass is 9.97. The number of esters is 2. The van der Waals surface area contributed by atoms with Gasteiger partial charge in [0.05, 0.1) is 18.6 Å². The van der Waals surface area contributed by atoms with Gasteiger partial charge in [0.25, 0.3) is 5.91 Å². The Balaban J connectivity index is 1.78. The summed E-state index contributed by atoms with van der Waals surface area (Å²) < 4.78 is 14.5. The maximum absolute atomic E-state index is 12.0. The van der Waals surface area contributed by atoms with E-state index < -0.39 is 29.3 Å². The molecule has 10 heteroatoms. The Morgan fingerprint density at radius 3 is 2.52 bits per heavy atom. The summed E-state index contributed by atoms with van der Waals surface area (Å²) in [6.45, 7) is 2.28. The maximum atomic E-state index is 12.0. The van der Waals surface area contributed by atoms with Crippen LogP contribution in [0.15, 0.2) is 16.5 Å². The van der Waals surface area contributed by atoms with Crippen molar-refractivity contribution in [2.45, 2.75) is 19.8 Å². The first-order valence-corrected chi connectivity index (χ1v) is 7.78. The molecule has 0 radical (unpaired) electrons. The fourth-order valence-corrected chi connectivity index (χ4v) is 2.45. The number of hydrogen-bond acceptors (Lipinski definition) is 8. The molecule has 1 aliphatic rings. The molecule has 0 spiro atoms. The summed E-state index contributed by atoms with van der Waals surface area (Å²) >= 11 is 0. The van der Waals surface area contributed by atoms with Crippen molar-refractivity contribution in [2.24, 2.45) is 5.92 Å². The van der Waals surface area contributed by atoms with Crippen molar-refractivity contribution < 1.29 is 33.2 Å². The summed E-state index contributed by atoms with van der Waals surface area (Å²) in [6, 6.07) is 2.13. The number of carbonyl (C=O) groups is 3. The van der Waals surface area contributed by atoms with Gasteiger partial charge in [-0.2, -0.15) is 0 Å². The molecule has 0 aromatic carbocycles. The van der Waals surface area contributed by atoms with Crippen LogP contribution >= 0.6 is 0 Å². The fourth-order valence-electron chi connectivity index (χ4n) is 2.45. The molecule has 136 valence electrons. The third-order valence-electron chi connectivity index (χ3n) is 3.77. The van der Waals surface area contributed by atoms with Crippen LogP contribution in [0.5, 0.6) is 0 Å². The number of nitrogens with zero attached hydrogens (tertiary/aromatic N) is 2. The van der Waals surface area contributed by atoms with Crippen LogP contribution in [0.2, 0.25) is 0 Å². The second kappa shape index (κ2) is 8.27. The Morgan fingerprint density at radius 2 is 1.96 bits per heavy atom. The van der Waals surface area contributed by atoms with Crippen LogP contribution in [0.1, 0.15) is 30.3 Å². The Hall–Kier alpha value is -2.91. The van der Waals surface area contributed by atoms with Crippen molar-refractivity contribution in [2.75, 3.05) is 26.3 Å². The molecule has 1 aromatic heterocycles. The molecule has 0 bridgehead atoms. The molecule has 2 rings (SSSR count). The Morgan fingerprint density at radius 1 is 1.28 bits per heavy atom. The highest BCUT2D eigenvalue weighted by Gasteiger charge is 2.29. The maximum Gasteiger partial charge on any atom is 0.433 e. The van der Waals surface area contributed by atoms with Crippen LogP contribution in [-0.2, 0) is 19.1 Å². The number of likely N-dealkylation sites (tertiary alicyclic amines) is 1. The minimum absolute atomic E-state index is 0.227. The topological polar surface area (TPSA) is 129 Å². The molecule has 0 aliphatic carbocycles. The van der Waals surface area contributed by atoms with Crippen LogP contribution in [0.3, 0.4) is 0 Å². The van der Waals surface area contributed by atoms with Gasteiger partial charge in [0, 0.05) is 13.1 Å². The summed E-state index contributed by atoms with van der Waals surface area (Å²) in [7, 11) is 0. The van der Waals surface area contributed by atoms with E-state index in [9.17, 15) is 24.5 Å². The summed E-state index contributed by atoms with van der Waals surface area (Å²) in [5.74, 6) is -2.78. The van der Waals surface area contributed by atoms with Gasteiger partial charge in [0.15, 0.2) is 6.61 Å². The molecule has 2 heterocycles. The zero-order valence-electron chi connectivity index (χ0n) is 13.6. The van der Waals surface area contributed by atoms with Crippen LogP contribution in [0.25, 0.3) is 0 Å². The number of nitro groups is 1. The second-order valence-electron chi connectivity index (χ2n) is 5.38. The van der Waals surface area contributed by atoms with Gasteiger partial charge in [-0.15, -0.1) is 0 Å². The number of rotatable bonds is 6. The van der Waals surface area contributed by atoms with Crippen LogP contribution < -0.4 is 0 Å². The van der Waals surface area contributed by atoms with Crippen molar-refractivity contribution in [3.63, 3.8) is 0 Å². The van der Waals surface area contributed by atoms with Crippen molar-refractivity contribution in [3.05, 3.63) is 28.0 Å². The number of piperidine rings is 1. The zero-order valence-corrected chi connectivity index (χ0v) is 13.6. The molecule has 1 saturated heterocycles. The fraction of sp³-hybridized carbons (Fsp3) is 0.533. The van der Waals surface area contributed by atoms with E-state index in [1.807, 2.05) is 0 Å². The first kappa shape index (κ1) is 18.4. The number of amides is 1. The van der Waals surface area contributed by atoms with Crippen LogP contribution in [0, 0.1) is 16.0 Å². The van der Waals surface area contributed by atoms with E-state index in [0.29, 0.717) is 32.5 Å². The van der Waals surface area contributed by atoms with Gasteiger partial charge in [-0.3, -0.25) is 19.7 Å². The van der Waals surface area contributed by atoms with Gasteiger partial charge < -0.3 is 18.8 Å². The SMILES string of the molecule is CCOC(=O)C1CCN(C(=O)COC(=O)c2ccc([N+](=O)[O-])o2)CC1. The van der Waals surface area contributed by atoms with Crippen molar-refractivity contribution in [3.8, 4) is 0 Å². The predicted molar refractivity (Wildman–Crippen MR) is 81.6 cm³/mol. The van der Waals surface area contributed by atoms with Crippen molar-refractivity contribution in [1.82, 2.24) is 4.90 Å². The average molecular weight is 354 g/mol. The molecule has 10 nitrogen and oxygen atoms in total. The Kier molecular flexibility index (Phi) is 6.09. The quantitative estimate of drug-likeness (QED) is 0.422. The third kappa shape index (κ3) is 4.78. The van der Waals surface area contributed by atoms with E-state index in [4.69, 9.17) is 13.9 Å². The molecule has 0 unspecified atom stereocenters. The van der Waals surface area contributed by atoms with Gasteiger partial charge in [0.1, 0.15) is 4.92 Å². The molecule has 1 fully saturated rings. The standard InChI is InChI=1S/C15H18N2O8/c1-2-23-14(19)10-5-7-16(8-6-10)12(18)9-24-15(20)11-3-4-13(25-11)17(21)22/h3-4,10H,2,5-9H2,1H3. The molecular weight excluding hydrogens is 336 g/mol. The van der Waals surface area contributed by atoms with E-state index in [0.717, 1.165) is 12.1 Å². The monoisotopic (exact) mass is 354 g/mol. The average Bonchev–Trinajstić information content (AvgIpc) is 3.10. The van der Waals surface area contributed by atoms with E-state index in [-0.39, 0.29) is 17.6 Å². The summed E-state index contributed by atoms with van der Waals surface area (Å²) in [5, 5.41) is 10.5. The van der Waals surface area contributed by atoms with Crippen LogP contribution in [0.4, 0.5) is 5.88 Å². The highest BCUT2D eigenvalue weighted by Crippen LogP contribution is 2.19. The van der Waals surface area contributed by atoms with E-state index in [2.05, 4.69) is 0 Å². The highest BCUT2D eigenvalue weighted by atomic mass is 16.7. The lowest BCUT2D eigenvalue weighted by Gasteiger charge is -2.30. The lowest BCUT2D eigenvalue weighted by molar-refractivity contribution is -0.402. The predicted octanol–water partition coefficient (Wildman–Crippen LogP) is 1.15. The largest absolute Gasteiger partial charge is 0.466 e. The number of ether oxygens (including phenoxy) is 2. The lowest BCUT2D eigenvalue weighted by Crippen LogP contribution is -2.42. The van der Waals surface area contributed by atoms with Crippen LogP contribution in [-0.4, -0.2) is 54.0 Å². The molecule has 0 atom stereocenters. The minimum Gasteiger partial charge on any atom is -0.466 e. The van der Waals surface area contributed by atoms with E-state index >= 15 is 0 Å². The second-order valence-corrected chi connectivity index (χ2v) is 5.38. The van der Waals surface area contributed by atoms with E-state index in [1.54, 1.807) is 6.92 Å². The van der Waals surface area contributed by atoms with Crippen molar-refractivity contribution >= 4 is 23.7 Å². The third-order valence-corrected chi connectivity index (χ3v) is 3.77. The highest BCUT2D eigenvalue weighted by molar-refractivity contribution is 5.89. The van der Waals surface area contributed by atoms with Gasteiger partial charge >= 0.3 is 17.8 Å². The molecular formula is C15H18N2O8. The Labute approximate surface area is 142 Å². The van der Waals surface area contributed by atoms with Gasteiger partial charge in [0.2, 0.25) is 5.76 Å². The Bertz CT molecular complexity index is 660. The zero-order chi connectivity index (χ0) is 18.4. The molecule has 0 saturated carbocycles. The number of furan rings is 1. The first-order chi connectivity index (χ1) is 11.9. The summed E-state index contributed by atoms with van der Waals surface area (Å²) in [5.41, 5.74) is 0. The molecule has 1 aromatic rings. The molecule has 0 N–H and O–H groups in total. The van der Waals surface area contributed by atoms with Gasteiger partial charge in [-0.1, -0.05) is 0 Å².